The van der Waals surface area contributed by atoms with Gasteiger partial charge in [0, 0.05) is 11.4 Å². The second-order valence-corrected chi connectivity index (χ2v) is 6.50. The highest BCUT2D eigenvalue weighted by molar-refractivity contribution is 7.98. The maximum Gasteiger partial charge on any atom is 0.310 e. The predicted molar refractivity (Wildman–Crippen MR) is 82.0 cm³/mol. The maximum atomic E-state index is 12.1. The molecule has 1 amide bonds. The van der Waals surface area contributed by atoms with E-state index in [-0.39, 0.29) is 17.1 Å². The molecule has 0 radical (unpaired) electrons. The zero-order chi connectivity index (χ0) is 15.5. The van der Waals surface area contributed by atoms with Crippen molar-refractivity contribution < 1.29 is 14.7 Å². The van der Waals surface area contributed by atoms with Gasteiger partial charge in [-0.2, -0.15) is 0 Å². The number of carboxylic acid groups (broad SMARTS) is 1. The Labute approximate surface area is 131 Å². The monoisotopic (exact) mass is 335 g/mol. The zero-order valence-electron chi connectivity index (χ0n) is 11.3. The fraction of sp³-hybridized carbons (Fsp3) is 0.385. The van der Waals surface area contributed by atoms with Gasteiger partial charge in [-0.15, -0.1) is 11.8 Å². The molecule has 20 heavy (non-hydrogen) atoms. The van der Waals surface area contributed by atoms with E-state index in [0.29, 0.717) is 5.02 Å². The third-order valence-electron chi connectivity index (χ3n) is 2.76. The molecular formula is C13H15Cl2NO3S. The Kier molecular flexibility index (Phi) is 5.74. The Morgan fingerprint density at radius 2 is 1.90 bits per heavy atom. The standard InChI is InChI=1S/C13H15Cl2NO3S/c1-13(2,12(18)19)6-16-11(17)7-4-10(20-3)9(15)5-8(7)14/h4-5H,6H2,1-3H3,(H,16,17)(H,18,19). The van der Waals surface area contributed by atoms with Crippen molar-refractivity contribution in [3.63, 3.8) is 0 Å². The molecule has 1 aromatic carbocycles. The third-order valence-corrected chi connectivity index (χ3v) is 4.27. The van der Waals surface area contributed by atoms with Crippen LogP contribution in [0, 0.1) is 5.41 Å². The van der Waals surface area contributed by atoms with E-state index in [1.807, 2.05) is 6.26 Å². The lowest BCUT2D eigenvalue weighted by molar-refractivity contribution is -0.146. The van der Waals surface area contributed by atoms with Gasteiger partial charge in [-0.3, -0.25) is 9.59 Å². The van der Waals surface area contributed by atoms with Gasteiger partial charge in [0.25, 0.3) is 5.91 Å². The molecule has 0 aromatic heterocycles. The van der Waals surface area contributed by atoms with E-state index in [1.54, 1.807) is 6.07 Å². The first-order valence-corrected chi connectivity index (χ1v) is 7.71. The average molecular weight is 336 g/mol. The molecule has 0 atom stereocenters. The number of benzene rings is 1. The van der Waals surface area contributed by atoms with Crippen LogP contribution in [0.1, 0.15) is 24.2 Å². The van der Waals surface area contributed by atoms with E-state index >= 15 is 0 Å². The van der Waals surface area contributed by atoms with Gasteiger partial charge in [-0.05, 0) is 32.2 Å². The molecule has 110 valence electrons. The molecule has 0 saturated heterocycles. The fourth-order valence-electron chi connectivity index (χ4n) is 1.33. The second-order valence-electron chi connectivity index (χ2n) is 4.84. The molecular weight excluding hydrogens is 321 g/mol. The molecule has 0 aliphatic heterocycles. The van der Waals surface area contributed by atoms with Crippen LogP contribution >= 0.6 is 35.0 Å². The number of carbonyl (C=O) groups is 2. The highest BCUT2D eigenvalue weighted by Crippen LogP contribution is 2.31. The van der Waals surface area contributed by atoms with Crippen LogP contribution in [-0.2, 0) is 4.79 Å². The van der Waals surface area contributed by atoms with Crippen LogP contribution in [0.3, 0.4) is 0 Å². The van der Waals surface area contributed by atoms with Gasteiger partial charge in [0.2, 0.25) is 0 Å². The number of amides is 1. The first-order chi connectivity index (χ1) is 9.19. The summed E-state index contributed by atoms with van der Waals surface area (Å²) < 4.78 is 0. The summed E-state index contributed by atoms with van der Waals surface area (Å²) in [7, 11) is 0. The Morgan fingerprint density at radius 1 is 1.30 bits per heavy atom. The number of carboxylic acids is 1. The minimum absolute atomic E-state index is 0.00865. The summed E-state index contributed by atoms with van der Waals surface area (Å²) >= 11 is 13.4. The maximum absolute atomic E-state index is 12.1. The van der Waals surface area contributed by atoms with E-state index in [4.69, 9.17) is 28.3 Å². The Bertz CT molecular complexity index is 547. The lowest BCUT2D eigenvalue weighted by Crippen LogP contribution is -2.39. The summed E-state index contributed by atoms with van der Waals surface area (Å²) in [5.41, 5.74) is -0.765. The van der Waals surface area contributed by atoms with E-state index < -0.39 is 17.3 Å². The van der Waals surface area contributed by atoms with Gasteiger partial charge >= 0.3 is 5.97 Å². The molecule has 0 unspecified atom stereocenters. The topological polar surface area (TPSA) is 66.4 Å². The van der Waals surface area contributed by atoms with Crippen molar-refractivity contribution in [2.45, 2.75) is 18.7 Å². The minimum atomic E-state index is -1.04. The molecule has 0 aliphatic carbocycles. The molecule has 0 bridgehead atoms. The zero-order valence-corrected chi connectivity index (χ0v) is 13.6. The van der Waals surface area contributed by atoms with Crippen molar-refractivity contribution in [1.29, 1.82) is 0 Å². The van der Waals surface area contributed by atoms with Crippen LogP contribution in [0.2, 0.25) is 10.0 Å². The summed E-state index contributed by atoms with van der Waals surface area (Å²) in [5.74, 6) is -1.40. The molecule has 2 N–H and O–H groups in total. The van der Waals surface area contributed by atoms with Gasteiger partial charge < -0.3 is 10.4 Å². The first-order valence-electron chi connectivity index (χ1n) is 5.73. The van der Waals surface area contributed by atoms with Crippen LogP contribution in [0.5, 0.6) is 0 Å². The largest absolute Gasteiger partial charge is 0.481 e. The molecule has 0 fully saturated rings. The van der Waals surface area contributed by atoms with Gasteiger partial charge in [-0.25, -0.2) is 0 Å². The van der Waals surface area contributed by atoms with E-state index in [0.717, 1.165) is 4.90 Å². The molecule has 4 nitrogen and oxygen atoms in total. The number of nitrogens with one attached hydrogen (secondary N) is 1. The molecule has 7 heteroatoms. The highest BCUT2D eigenvalue weighted by Gasteiger charge is 2.28. The Hall–Kier alpha value is -0.910. The number of aliphatic carboxylic acids is 1. The number of hydrogen-bond donors (Lipinski definition) is 2. The third kappa shape index (κ3) is 4.04. The van der Waals surface area contributed by atoms with Gasteiger partial charge in [0.15, 0.2) is 0 Å². The second kappa shape index (κ2) is 6.70. The van der Waals surface area contributed by atoms with Crippen LogP contribution in [0.15, 0.2) is 17.0 Å². The average Bonchev–Trinajstić information content (AvgIpc) is 2.36. The SMILES string of the molecule is CSc1cc(C(=O)NCC(C)(C)C(=O)O)c(Cl)cc1Cl. The Balaban J connectivity index is 2.91. The Morgan fingerprint density at radius 3 is 2.40 bits per heavy atom. The molecule has 1 rings (SSSR count). The van der Waals surface area contributed by atoms with Crippen molar-refractivity contribution in [3.8, 4) is 0 Å². The van der Waals surface area contributed by atoms with E-state index in [2.05, 4.69) is 5.32 Å². The van der Waals surface area contributed by atoms with Crippen LogP contribution in [0.25, 0.3) is 0 Å². The molecule has 0 heterocycles. The molecule has 0 spiro atoms. The number of rotatable bonds is 5. The summed E-state index contributed by atoms with van der Waals surface area (Å²) in [6, 6.07) is 3.10. The van der Waals surface area contributed by atoms with Crippen LogP contribution < -0.4 is 5.32 Å². The van der Waals surface area contributed by atoms with Crippen LogP contribution in [0.4, 0.5) is 0 Å². The number of hydrogen-bond acceptors (Lipinski definition) is 3. The van der Waals surface area contributed by atoms with Crippen LogP contribution in [-0.4, -0.2) is 29.8 Å². The molecule has 0 aliphatic rings. The van der Waals surface area contributed by atoms with Crippen molar-refractivity contribution in [3.05, 3.63) is 27.7 Å². The fourth-order valence-corrected chi connectivity index (χ4v) is 2.52. The quantitative estimate of drug-likeness (QED) is 0.807. The van der Waals surface area contributed by atoms with E-state index in [1.165, 1.54) is 31.7 Å². The molecule has 0 saturated carbocycles. The first kappa shape index (κ1) is 17.1. The van der Waals surface area contributed by atoms with Gasteiger partial charge in [0.05, 0.1) is 21.0 Å². The lowest BCUT2D eigenvalue weighted by atomic mass is 9.94. The number of halogens is 2. The smallest absolute Gasteiger partial charge is 0.310 e. The van der Waals surface area contributed by atoms with Crippen molar-refractivity contribution in [2.75, 3.05) is 12.8 Å². The number of carbonyl (C=O) groups excluding carboxylic acids is 1. The summed E-state index contributed by atoms with van der Waals surface area (Å²) in [6.45, 7) is 3.08. The van der Waals surface area contributed by atoms with Crippen molar-refractivity contribution in [2.24, 2.45) is 5.41 Å². The minimum Gasteiger partial charge on any atom is -0.481 e. The van der Waals surface area contributed by atoms with Gasteiger partial charge in [-0.1, -0.05) is 23.2 Å². The highest BCUT2D eigenvalue weighted by atomic mass is 35.5. The summed E-state index contributed by atoms with van der Waals surface area (Å²) in [5, 5.41) is 12.3. The summed E-state index contributed by atoms with van der Waals surface area (Å²) in [6.07, 6.45) is 1.84. The summed E-state index contributed by atoms with van der Waals surface area (Å²) in [4.78, 5) is 23.8. The van der Waals surface area contributed by atoms with Gasteiger partial charge in [0.1, 0.15) is 0 Å². The lowest BCUT2D eigenvalue weighted by Gasteiger charge is -2.19. The van der Waals surface area contributed by atoms with Crippen molar-refractivity contribution in [1.82, 2.24) is 5.32 Å². The normalized spacial score (nSPS) is 11.2. The van der Waals surface area contributed by atoms with E-state index in [9.17, 15) is 9.59 Å². The number of thioether (sulfide) groups is 1. The molecule has 1 aromatic rings. The predicted octanol–water partition coefficient (Wildman–Crippen LogP) is 3.56. The van der Waals surface area contributed by atoms with Crippen molar-refractivity contribution >= 4 is 46.8 Å².